The van der Waals surface area contributed by atoms with Crippen LogP contribution in [-0.2, 0) is 17.6 Å². The van der Waals surface area contributed by atoms with Crippen LogP contribution < -0.4 is 10.1 Å². The second-order valence-electron chi connectivity index (χ2n) is 8.30. The number of hydrogen-bond donors (Lipinski definition) is 2. The summed E-state index contributed by atoms with van der Waals surface area (Å²) in [7, 11) is 0. The van der Waals surface area contributed by atoms with Gasteiger partial charge in [0.05, 0.1) is 6.42 Å². The van der Waals surface area contributed by atoms with Gasteiger partial charge in [-0.1, -0.05) is 42.5 Å². The van der Waals surface area contributed by atoms with Gasteiger partial charge >= 0.3 is 12.0 Å². The molecule has 1 aliphatic rings. The van der Waals surface area contributed by atoms with E-state index in [1.54, 1.807) is 23.1 Å². The number of carbonyl (C=O) groups excluding carboxylic acids is 1. The van der Waals surface area contributed by atoms with Crippen molar-refractivity contribution in [3.63, 3.8) is 0 Å². The summed E-state index contributed by atoms with van der Waals surface area (Å²) >= 11 is 0. The predicted octanol–water partition coefficient (Wildman–Crippen LogP) is 4.40. The van der Waals surface area contributed by atoms with Crippen LogP contribution in [-0.4, -0.2) is 47.7 Å². The van der Waals surface area contributed by atoms with Gasteiger partial charge in [-0.05, 0) is 41.1 Å². The standard InChI is InChI=1S/C26H27FN2O4/c27-21-7-6-20-14-19(16-25(30)31)15-24(23(20)17-21)33-22-9-12-29(13-10-22)26(32)28-11-8-18-4-2-1-3-5-18/h1-7,14-15,17,22H,8-13,16H2,(H,28,32)(H,30,31). The maximum atomic E-state index is 13.9. The highest BCUT2D eigenvalue weighted by Gasteiger charge is 2.24. The molecule has 0 aromatic heterocycles. The Labute approximate surface area is 192 Å². The molecule has 7 heteroatoms. The van der Waals surface area contributed by atoms with E-state index in [1.165, 1.54) is 17.7 Å². The topological polar surface area (TPSA) is 78.9 Å². The molecule has 1 fully saturated rings. The van der Waals surface area contributed by atoms with Crippen molar-refractivity contribution in [1.29, 1.82) is 0 Å². The van der Waals surface area contributed by atoms with E-state index in [0.717, 1.165) is 11.8 Å². The van der Waals surface area contributed by atoms with Gasteiger partial charge in [-0.3, -0.25) is 4.79 Å². The van der Waals surface area contributed by atoms with Crippen LogP contribution >= 0.6 is 0 Å². The van der Waals surface area contributed by atoms with E-state index < -0.39 is 5.97 Å². The van der Waals surface area contributed by atoms with Gasteiger partial charge in [-0.2, -0.15) is 0 Å². The molecule has 1 heterocycles. The Hall–Kier alpha value is -3.61. The molecule has 0 radical (unpaired) electrons. The summed E-state index contributed by atoms with van der Waals surface area (Å²) in [5.41, 5.74) is 1.78. The number of hydrogen-bond acceptors (Lipinski definition) is 3. The van der Waals surface area contributed by atoms with Crippen LogP contribution in [0.5, 0.6) is 5.75 Å². The third-order valence-corrected chi connectivity index (χ3v) is 5.85. The number of likely N-dealkylation sites (tertiary alicyclic amines) is 1. The normalized spacial score (nSPS) is 14.3. The Bertz CT molecular complexity index is 1130. The van der Waals surface area contributed by atoms with Gasteiger partial charge in [0.15, 0.2) is 0 Å². The number of urea groups is 1. The highest BCUT2D eigenvalue weighted by Crippen LogP contribution is 2.31. The number of nitrogens with one attached hydrogen (secondary N) is 1. The number of ether oxygens (including phenoxy) is 1. The fourth-order valence-corrected chi connectivity index (χ4v) is 4.16. The maximum absolute atomic E-state index is 13.9. The third kappa shape index (κ3) is 6.00. The van der Waals surface area contributed by atoms with Crippen molar-refractivity contribution >= 4 is 22.8 Å². The number of carboxylic acids is 1. The summed E-state index contributed by atoms with van der Waals surface area (Å²) in [5, 5.41) is 13.5. The van der Waals surface area contributed by atoms with Crippen LogP contribution in [0.15, 0.2) is 60.7 Å². The molecule has 33 heavy (non-hydrogen) atoms. The largest absolute Gasteiger partial charge is 0.490 e. The lowest BCUT2D eigenvalue weighted by Crippen LogP contribution is -2.46. The lowest BCUT2D eigenvalue weighted by molar-refractivity contribution is -0.136. The average molecular weight is 451 g/mol. The minimum atomic E-state index is -0.936. The zero-order valence-electron chi connectivity index (χ0n) is 18.3. The molecule has 2 N–H and O–H groups in total. The minimum Gasteiger partial charge on any atom is -0.490 e. The van der Waals surface area contributed by atoms with Crippen molar-refractivity contribution in [3.8, 4) is 5.75 Å². The first-order chi connectivity index (χ1) is 16.0. The van der Waals surface area contributed by atoms with Crippen LogP contribution in [0, 0.1) is 5.82 Å². The first-order valence-corrected chi connectivity index (χ1v) is 11.2. The van der Waals surface area contributed by atoms with Gasteiger partial charge in [-0.25, -0.2) is 9.18 Å². The van der Waals surface area contributed by atoms with E-state index in [9.17, 15) is 14.0 Å². The van der Waals surface area contributed by atoms with Crippen molar-refractivity contribution in [2.24, 2.45) is 0 Å². The highest BCUT2D eigenvalue weighted by atomic mass is 19.1. The smallest absolute Gasteiger partial charge is 0.317 e. The molecule has 3 aromatic rings. The monoisotopic (exact) mass is 450 g/mol. The molecule has 0 spiro atoms. The number of piperidine rings is 1. The molecular weight excluding hydrogens is 423 g/mol. The number of aliphatic carboxylic acids is 1. The van der Waals surface area contributed by atoms with Crippen LogP contribution in [0.2, 0.25) is 0 Å². The molecule has 1 aliphatic heterocycles. The van der Waals surface area contributed by atoms with Crippen molar-refractivity contribution < 1.29 is 23.8 Å². The fourth-order valence-electron chi connectivity index (χ4n) is 4.16. The van der Waals surface area contributed by atoms with Crippen LogP contribution in [0.4, 0.5) is 9.18 Å². The van der Waals surface area contributed by atoms with Crippen LogP contribution in [0.1, 0.15) is 24.0 Å². The van der Waals surface area contributed by atoms with Gasteiger partial charge in [-0.15, -0.1) is 0 Å². The zero-order chi connectivity index (χ0) is 23.2. The molecule has 6 nitrogen and oxygen atoms in total. The SMILES string of the molecule is O=C(O)Cc1cc(OC2CCN(C(=O)NCCc3ccccc3)CC2)c2cc(F)ccc2c1. The Morgan fingerprint density at radius 1 is 1.03 bits per heavy atom. The number of carboxylic acid groups (broad SMARTS) is 1. The number of nitrogens with zero attached hydrogens (tertiary/aromatic N) is 1. The van der Waals surface area contributed by atoms with Crippen LogP contribution in [0.3, 0.4) is 0 Å². The molecule has 0 unspecified atom stereocenters. The van der Waals surface area contributed by atoms with Crippen LogP contribution in [0.25, 0.3) is 10.8 Å². The van der Waals surface area contributed by atoms with Gasteiger partial charge in [0, 0.05) is 37.9 Å². The molecule has 0 atom stereocenters. The van der Waals surface area contributed by atoms with Crippen molar-refractivity contribution in [1.82, 2.24) is 10.2 Å². The van der Waals surface area contributed by atoms with E-state index in [0.29, 0.717) is 49.2 Å². The van der Waals surface area contributed by atoms with E-state index in [1.807, 2.05) is 30.3 Å². The number of carbonyl (C=O) groups is 2. The fraction of sp³-hybridized carbons (Fsp3) is 0.308. The summed E-state index contributed by atoms with van der Waals surface area (Å²) in [6.07, 6.45) is 1.80. The Morgan fingerprint density at radius 2 is 1.79 bits per heavy atom. The summed E-state index contributed by atoms with van der Waals surface area (Å²) in [6.45, 7) is 1.69. The minimum absolute atomic E-state index is 0.0830. The second kappa shape index (κ2) is 10.3. The average Bonchev–Trinajstić information content (AvgIpc) is 2.80. The molecule has 1 saturated heterocycles. The molecule has 0 aliphatic carbocycles. The van der Waals surface area contributed by atoms with E-state index in [2.05, 4.69) is 5.32 Å². The number of amides is 2. The van der Waals surface area contributed by atoms with Crippen molar-refractivity contribution in [3.05, 3.63) is 77.6 Å². The van der Waals surface area contributed by atoms with Gasteiger partial charge in [0.25, 0.3) is 0 Å². The Morgan fingerprint density at radius 3 is 2.52 bits per heavy atom. The molecule has 0 saturated carbocycles. The lowest BCUT2D eigenvalue weighted by atomic mass is 10.0. The predicted molar refractivity (Wildman–Crippen MR) is 124 cm³/mol. The summed E-state index contributed by atoms with van der Waals surface area (Å²) in [6, 6.07) is 17.7. The Balaban J connectivity index is 1.35. The highest BCUT2D eigenvalue weighted by molar-refractivity contribution is 5.90. The maximum Gasteiger partial charge on any atom is 0.317 e. The Kier molecular flexibility index (Phi) is 7.07. The zero-order valence-corrected chi connectivity index (χ0v) is 18.3. The quantitative estimate of drug-likeness (QED) is 0.559. The summed E-state index contributed by atoms with van der Waals surface area (Å²) < 4.78 is 20.1. The number of rotatable bonds is 7. The molecular formula is C26H27FN2O4. The van der Waals surface area contributed by atoms with E-state index in [-0.39, 0.29) is 24.4 Å². The third-order valence-electron chi connectivity index (χ3n) is 5.85. The first kappa shape index (κ1) is 22.6. The van der Waals surface area contributed by atoms with Gasteiger partial charge < -0.3 is 20.1 Å². The molecule has 0 bridgehead atoms. The van der Waals surface area contributed by atoms with E-state index in [4.69, 9.17) is 9.84 Å². The molecule has 172 valence electrons. The van der Waals surface area contributed by atoms with Crippen molar-refractivity contribution in [2.45, 2.75) is 31.8 Å². The number of fused-ring (bicyclic) bond motifs is 1. The number of benzene rings is 3. The number of halogens is 1. The summed E-state index contributed by atoms with van der Waals surface area (Å²) in [5.74, 6) is -0.830. The van der Waals surface area contributed by atoms with Gasteiger partial charge in [0.1, 0.15) is 17.7 Å². The molecule has 2 amide bonds. The molecule has 4 rings (SSSR count). The summed E-state index contributed by atoms with van der Waals surface area (Å²) in [4.78, 5) is 25.4. The van der Waals surface area contributed by atoms with E-state index >= 15 is 0 Å². The van der Waals surface area contributed by atoms with Crippen molar-refractivity contribution in [2.75, 3.05) is 19.6 Å². The molecule has 3 aromatic carbocycles. The first-order valence-electron chi connectivity index (χ1n) is 11.2. The second-order valence-corrected chi connectivity index (χ2v) is 8.30. The van der Waals surface area contributed by atoms with Gasteiger partial charge in [0.2, 0.25) is 0 Å². The lowest BCUT2D eigenvalue weighted by Gasteiger charge is -2.32.